The molecule has 1 aromatic heterocycles. The molecule has 19 heavy (non-hydrogen) atoms. The van der Waals surface area contributed by atoms with Crippen molar-refractivity contribution in [3.8, 4) is 0 Å². The molecule has 0 unspecified atom stereocenters. The zero-order chi connectivity index (χ0) is 13.0. The number of hydrogen-bond donors (Lipinski definition) is 2. The second-order valence-corrected chi connectivity index (χ2v) is 4.90. The van der Waals surface area contributed by atoms with Crippen molar-refractivity contribution in [2.45, 2.75) is 13.5 Å². The van der Waals surface area contributed by atoms with E-state index in [0.29, 0.717) is 0 Å². The van der Waals surface area contributed by atoms with Crippen LogP contribution in [0.15, 0.2) is 35.0 Å². The summed E-state index contributed by atoms with van der Waals surface area (Å²) in [5, 5.41) is 9.87. The third-order valence-corrected chi connectivity index (χ3v) is 3.53. The van der Waals surface area contributed by atoms with Gasteiger partial charge in [-0.15, -0.1) is 12.4 Å². The van der Waals surface area contributed by atoms with Crippen molar-refractivity contribution >= 4 is 35.3 Å². The van der Waals surface area contributed by atoms with Crippen molar-refractivity contribution in [3.63, 3.8) is 0 Å². The van der Waals surface area contributed by atoms with Crippen molar-refractivity contribution in [3.05, 3.63) is 51.7 Å². The van der Waals surface area contributed by atoms with Crippen LogP contribution in [0, 0.1) is 6.92 Å². The van der Waals surface area contributed by atoms with Crippen LogP contribution in [0.5, 0.6) is 0 Å². The number of thiophene rings is 1. The standard InChI is InChI=1S/C14H16N2OS.ClH/c1-10-8-18-9-13(10)14(17)16-12-5-3-4-11(6-12)7-15-2;/h3-6,8-9,15H,7H2,1-2H3,(H,16,17);1H. The van der Waals surface area contributed by atoms with Crippen molar-refractivity contribution in [2.75, 3.05) is 12.4 Å². The third kappa shape index (κ3) is 4.06. The lowest BCUT2D eigenvalue weighted by molar-refractivity contribution is 0.102. The quantitative estimate of drug-likeness (QED) is 0.907. The molecule has 102 valence electrons. The Labute approximate surface area is 123 Å². The second kappa shape index (κ2) is 7.28. The first-order chi connectivity index (χ1) is 8.70. The molecule has 0 saturated carbocycles. The highest BCUT2D eigenvalue weighted by Gasteiger charge is 2.09. The van der Waals surface area contributed by atoms with Gasteiger partial charge in [-0.3, -0.25) is 4.79 Å². The van der Waals surface area contributed by atoms with E-state index >= 15 is 0 Å². The Kier molecular flexibility index (Phi) is 6.02. The molecule has 2 N–H and O–H groups in total. The van der Waals surface area contributed by atoms with Gasteiger partial charge in [0.1, 0.15) is 0 Å². The molecule has 2 aromatic rings. The van der Waals surface area contributed by atoms with Crippen LogP contribution >= 0.6 is 23.7 Å². The van der Waals surface area contributed by atoms with Gasteiger partial charge in [-0.05, 0) is 42.6 Å². The average Bonchev–Trinajstić information content (AvgIpc) is 2.76. The molecule has 0 spiro atoms. The molecule has 1 heterocycles. The average molecular weight is 297 g/mol. The minimum atomic E-state index is -0.0460. The summed E-state index contributed by atoms with van der Waals surface area (Å²) in [7, 11) is 1.90. The number of halogens is 1. The van der Waals surface area contributed by atoms with E-state index < -0.39 is 0 Å². The molecular weight excluding hydrogens is 280 g/mol. The third-order valence-electron chi connectivity index (χ3n) is 2.67. The number of hydrogen-bond acceptors (Lipinski definition) is 3. The van der Waals surface area contributed by atoms with Crippen LogP contribution in [-0.4, -0.2) is 13.0 Å². The van der Waals surface area contributed by atoms with Gasteiger partial charge in [0.2, 0.25) is 0 Å². The van der Waals surface area contributed by atoms with E-state index in [-0.39, 0.29) is 18.3 Å². The lowest BCUT2D eigenvalue weighted by Crippen LogP contribution is -2.12. The van der Waals surface area contributed by atoms with Gasteiger partial charge in [-0.2, -0.15) is 11.3 Å². The van der Waals surface area contributed by atoms with Crippen LogP contribution in [0.4, 0.5) is 5.69 Å². The van der Waals surface area contributed by atoms with E-state index in [1.165, 1.54) is 0 Å². The van der Waals surface area contributed by atoms with E-state index in [2.05, 4.69) is 10.6 Å². The summed E-state index contributed by atoms with van der Waals surface area (Å²) in [4.78, 5) is 12.0. The summed E-state index contributed by atoms with van der Waals surface area (Å²) in [6.07, 6.45) is 0. The predicted octanol–water partition coefficient (Wildman–Crippen LogP) is 3.45. The Morgan fingerprint density at radius 1 is 1.32 bits per heavy atom. The number of amides is 1. The van der Waals surface area contributed by atoms with E-state index in [4.69, 9.17) is 0 Å². The second-order valence-electron chi connectivity index (χ2n) is 4.15. The highest BCUT2D eigenvalue weighted by molar-refractivity contribution is 7.08. The first-order valence-electron chi connectivity index (χ1n) is 5.78. The molecule has 1 amide bonds. The number of benzene rings is 1. The minimum absolute atomic E-state index is 0. The van der Waals surface area contributed by atoms with Crippen molar-refractivity contribution in [1.29, 1.82) is 0 Å². The Balaban J connectivity index is 0.00000180. The number of carbonyl (C=O) groups is 1. The van der Waals surface area contributed by atoms with Crippen LogP contribution in [0.1, 0.15) is 21.5 Å². The maximum Gasteiger partial charge on any atom is 0.256 e. The summed E-state index contributed by atoms with van der Waals surface area (Å²) in [6, 6.07) is 7.86. The van der Waals surface area contributed by atoms with Crippen LogP contribution < -0.4 is 10.6 Å². The molecule has 0 aliphatic rings. The Morgan fingerprint density at radius 3 is 2.74 bits per heavy atom. The zero-order valence-corrected chi connectivity index (χ0v) is 12.5. The maximum absolute atomic E-state index is 12.0. The molecule has 3 nitrogen and oxygen atoms in total. The first kappa shape index (κ1) is 15.7. The summed E-state index contributed by atoms with van der Waals surface area (Å²) < 4.78 is 0. The zero-order valence-electron chi connectivity index (χ0n) is 10.9. The Morgan fingerprint density at radius 2 is 2.11 bits per heavy atom. The van der Waals surface area contributed by atoms with Gasteiger partial charge in [0.25, 0.3) is 5.91 Å². The Hall–Kier alpha value is -1.36. The molecule has 1 aromatic carbocycles. The molecule has 0 fully saturated rings. The van der Waals surface area contributed by atoms with Gasteiger partial charge in [-0.25, -0.2) is 0 Å². The molecule has 5 heteroatoms. The van der Waals surface area contributed by atoms with Crippen molar-refractivity contribution in [1.82, 2.24) is 5.32 Å². The monoisotopic (exact) mass is 296 g/mol. The van der Waals surface area contributed by atoms with E-state index in [0.717, 1.165) is 28.9 Å². The van der Waals surface area contributed by atoms with Crippen molar-refractivity contribution < 1.29 is 4.79 Å². The fourth-order valence-electron chi connectivity index (χ4n) is 1.75. The van der Waals surface area contributed by atoms with Gasteiger partial charge in [0.15, 0.2) is 0 Å². The number of rotatable bonds is 4. The molecule has 0 aliphatic carbocycles. The van der Waals surface area contributed by atoms with Crippen LogP contribution in [0.2, 0.25) is 0 Å². The lowest BCUT2D eigenvalue weighted by atomic mass is 10.1. The first-order valence-corrected chi connectivity index (χ1v) is 6.72. The van der Waals surface area contributed by atoms with E-state index in [1.54, 1.807) is 11.3 Å². The van der Waals surface area contributed by atoms with Gasteiger partial charge < -0.3 is 10.6 Å². The highest BCUT2D eigenvalue weighted by Crippen LogP contribution is 2.17. The smallest absolute Gasteiger partial charge is 0.256 e. The maximum atomic E-state index is 12.0. The van der Waals surface area contributed by atoms with Crippen LogP contribution in [0.25, 0.3) is 0 Å². The van der Waals surface area contributed by atoms with Crippen LogP contribution in [-0.2, 0) is 6.54 Å². The molecule has 0 bridgehead atoms. The summed E-state index contributed by atoms with van der Waals surface area (Å²) in [6.45, 7) is 2.74. The van der Waals surface area contributed by atoms with Crippen molar-refractivity contribution in [2.24, 2.45) is 0 Å². The van der Waals surface area contributed by atoms with Gasteiger partial charge in [-0.1, -0.05) is 12.1 Å². The van der Waals surface area contributed by atoms with Gasteiger partial charge in [0.05, 0.1) is 5.56 Å². The van der Waals surface area contributed by atoms with E-state index in [9.17, 15) is 4.79 Å². The summed E-state index contributed by atoms with van der Waals surface area (Å²) >= 11 is 1.55. The number of aryl methyl sites for hydroxylation is 1. The molecule has 0 saturated heterocycles. The highest BCUT2D eigenvalue weighted by atomic mass is 35.5. The molecule has 0 atom stereocenters. The normalized spacial score (nSPS) is 9.79. The Bertz CT molecular complexity index is 554. The SMILES string of the molecule is CNCc1cccc(NC(=O)c2cscc2C)c1.Cl. The number of nitrogens with one attached hydrogen (secondary N) is 2. The fourth-order valence-corrected chi connectivity index (χ4v) is 2.58. The number of anilines is 1. The van der Waals surface area contributed by atoms with E-state index in [1.807, 2.05) is 49.0 Å². The molecule has 0 radical (unpaired) electrons. The van der Waals surface area contributed by atoms with Gasteiger partial charge >= 0.3 is 0 Å². The fraction of sp³-hybridized carbons (Fsp3) is 0.214. The van der Waals surface area contributed by atoms with Crippen LogP contribution in [0.3, 0.4) is 0 Å². The minimum Gasteiger partial charge on any atom is -0.322 e. The largest absolute Gasteiger partial charge is 0.322 e. The number of carbonyl (C=O) groups excluding carboxylic acids is 1. The molecular formula is C14H17ClN2OS. The summed E-state index contributed by atoms with van der Waals surface area (Å²) in [5.74, 6) is -0.0460. The van der Waals surface area contributed by atoms with Gasteiger partial charge in [0, 0.05) is 17.6 Å². The topological polar surface area (TPSA) is 41.1 Å². The molecule has 2 rings (SSSR count). The lowest BCUT2D eigenvalue weighted by Gasteiger charge is -2.07. The summed E-state index contributed by atoms with van der Waals surface area (Å²) in [5.41, 5.74) is 3.75. The molecule has 0 aliphatic heterocycles. The predicted molar refractivity (Wildman–Crippen MR) is 83.5 cm³/mol.